The van der Waals surface area contributed by atoms with Gasteiger partial charge < -0.3 is 18.9 Å². The summed E-state index contributed by atoms with van der Waals surface area (Å²) in [5.41, 5.74) is 4.65. The Morgan fingerprint density at radius 2 is 1.78 bits per heavy atom. The highest BCUT2D eigenvalue weighted by atomic mass is 32.2. The molecule has 11 nitrogen and oxygen atoms in total. The number of hydrogen-bond donors (Lipinski definition) is 1. The van der Waals surface area contributed by atoms with Crippen LogP contribution >= 0.6 is 0 Å². The van der Waals surface area contributed by atoms with Crippen LogP contribution in [0.2, 0.25) is 0 Å². The van der Waals surface area contributed by atoms with Crippen LogP contribution in [-0.4, -0.2) is 94.3 Å². The van der Waals surface area contributed by atoms with E-state index in [4.69, 9.17) is 14.5 Å². The number of rotatable bonds is 13. The Kier molecular flexibility index (Phi) is 10.7. The van der Waals surface area contributed by atoms with Crippen LogP contribution in [0.15, 0.2) is 41.4 Å². The summed E-state index contributed by atoms with van der Waals surface area (Å²) in [6.45, 7) is 12.3. The molecule has 2 unspecified atom stereocenters. The van der Waals surface area contributed by atoms with Gasteiger partial charge in [0.15, 0.2) is 0 Å². The molecule has 2 saturated carbocycles. The van der Waals surface area contributed by atoms with E-state index in [1.807, 2.05) is 25.1 Å². The summed E-state index contributed by atoms with van der Waals surface area (Å²) in [5, 5.41) is 1.06. The zero-order chi connectivity index (χ0) is 39.3. The van der Waals surface area contributed by atoms with Gasteiger partial charge in [0.05, 0.1) is 31.4 Å². The molecule has 298 valence electrons. The maximum atomic E-state index is 15.4. The minimum atomic E-state index is -4.00. The van der Waals surface area contributed by atoms with Gasteiger partial charge in [-0.2, -0.15) is 12.7 Å². The molecule has 2 aliphatic carbocycles. The monoisotopic (exact) mass is 773 g/mol. The van der Waals surface area contributed by atoms with Crippen molar-refractivity contribution in [3.63, 3.8) is 0 Å². The number of hydrogen-bond acceptors (Lipinski definition) is 7. The number of fused-ring (bicyclic) bond motifs is 7. The maximum absolute atomic E-state index is 15.4. The van der Waals surface area contributed by atoms with Gasteiger partial charge in [-0.3, -0.25) is 14.6 Å². The molecule has 1 saturated heterocycles. The summed E-state index contributed by atoms with van der Waals surface area (Å²) in [7, 11) is 0.469. The van der Waals surface area contributed by atoms with Crippen LogP contribution < -0.4 is 9.46 Å². The van der Waals surface area contributed by atoms with E-state index in [0.29, 0.717) is 51.7 Å². The molecule has 1 aromatic heterocycles. The summed E-state index contributed by atoms with van der Waals surface area (Å²) >= 11 is 0. The van der Waals surface area contributed by atoms with Crippen LogP contribution in [0.1, 0.15) is 112 Å². The molecule has 1 N–H and O–H groups in total. The Balaban J connectivity index is 1.36. The van der Waals surface area contributed by atoms with Gasteiger partial charge in [0.25, 0.3) is 5.91 Å². The van der Waals surface area contributed by atoms with Crippen molar-refractivity contribution < 1.29 is 27.5 Å². The minimum Gasteiger partial charge on any atom is -0.497 e. The molecule has 3 fully saturated rings. The molecular weight excluding hydrogens is 715 g/mol. The number of carbonyl (C=O) groups excluding carboxylic acids is 2. The average Bonchev–Trinajstić information content (AvgIpc) is 3.75. The fourth-order valence-electron chi connectivity index (χ4n) is 10.1. The first kappa shape index (κ1) is 39.5. The Morgan fingerprint density at radius 3 is 2.45 bits per heavy atom. The average molecular weight is 774 g/mol. The number of likely N-dealkylation sites (tertiary alicyclic amines) is 1. The van der Waals surface area contributed by atoms with Crippen LogP contribution in [-0.2, 0) is 26.3 Å². The molecule has 7 rings (SSSR count). The SMILES string of the molecule is CCOCC/N=C/C1(CC)CN(C(=O)[C@]23C[C@H]2c2cc(OC)ccc2-c2c(C4CCCCC4)c4ccc(C(=O)NS(=O)(=O)N(C)C)cc4n2C3)CC1(C)CC. The zero-order valence-electron chi connectivity index (χ0n) is 33.7. The van der Waals surface area contributed by atoms with Crippen molar-refractivity contribution >= 4 is 39.1 Å². The molecule has 0 spiro atoms. The number of methoxy groups -OCH3 is 1. The predicted molar refractivity (Wildman–Crippen MR) is 217 cm³/mol. The minimum absolute atomic E-state index is 0.000315. The first-order valence-electron chi connectivity index (χ1n) is 20.3. The second-order valence-corrected chi connectivity index (χ2v) is 18.7. The van der Waals surface area contributed by atoms with E-state index >= 15 is 4.79 Å². The first-order valence-corrected chi connectivity index (χ1v) is 21.7. The number of nitrogens with zero attached hydrogens (tertiary/aromatic N) is 4. The summed E-state index contributed by atoms with van der Waals surface area (Å²) in [6.07, 6.45) is 10.3. The molecule has 3 aromatic rings. The van der Waals surface area contributed by atoms with Gasteiger partial charge in [0, 0.05) is 79.9 Å². The molecule has 12 heteroatoms. The standard InChI is InChI=1S/C43H59N5O6S/c1-8-41(4)26-47(27-42(41,9-2)25-44-20-21-54-10-3)40(50)43-24-35(43)34-23-31(53-7)17-19-32(34)38-37(29-14-12-11-13-15-29)33-18-16-30(22-36(33)48(38)28-43)39(49)45-55(51,52)46(5)6/h16-19,22-23,25,29,35H,8-15,20-21,24,26-28H2,1-7H3,(H,45,49)/b44-25+/t35-,41?,42?,43-/m0/s1. The molecule has 4 aliphatic rings. The lowest BCUT2D eigenvalue weighted by molar-refractivity contribution is -0.137. The normalized spacial score (nSPS) is 26.5. The molecule has 0 radical (unpaired) electrons. The van der Waals surface area contributed by atoms with Gasteiger partial charge in [-0.05, 0) is 91.8 Å². The number of amides is 2. The van der Waals surface area contributed by atoms with Crippen molar-refractivity contribution in [2.24, 2.45) is 21.2 Å². The second kappa shape index (κ2) is 15.0. The van der Waals surface area contributed by atoms with Gasteiger partial charge in [-0.1, -0.05) is 46.1 Å². The number of ether oxygens (including phenoxy) is 2. The molecule has 3 heterocycles. The highest BCUT2D eigenvalue weighted by Gasteiger charge is 2.66. The van der Waals surface area contributed by atoms with Crippen molar-refractivity contribution in [2.75, 3.05) is 54.1 Å². The van der Waals surface area contributed by atoms with E-state index in [2.05, 4.69) is 53.3 Å². The number of carbonyl (C=O) groups is 2. The molecule has 0 bridgehead atoms. The molecule has 55 heavy (non-hydrogen) atoms. The van der Waals surface area contributed by atoms with E-state index in [1.165, 1.54) is 26.1 Å². The fourth-order valence-corrected chi connectivity index (χ4v) is 10.6. The number of aliphatic imine (C=N–C) groups is 1. The predicted octanol–water partition coefficient (Wildman–Crippen LogP) is 7.15. The lowest BCUT2D eigenvalue weighted by Crippen LogP contribution is -2.40. The van der Waals surface area contributed by atoms with E-state index in [-0.39, 0.29) is 28.2 Å². The van der Waals surface area contributed by atoms with Gasteiger partial charge in [-0.15, -0.1) is 0 Å². The summed E-state index contributed by atoms with van der Waals surface area (Å²) in [4.78, 5) is 36.0. The topological polar surface area (TPSA) is 123 Å². The van der Waals surface area contributed by atoms with Gasteiger partial charge >= 0.3 is 10.2 Å². The lowest BCUT2D eigenvalue weighted by atomic mass is 9.64. The summed E-state index contributed by atoms with van der Waals surface area (Å²) in [6, 6.07) is 11.9. The highest BCUT2D eigenvalue weighted by molar-refractivity contribution is 7.87. The van der Waals surface area contributed by atoms with Crippen LogP contribution in [0.3, 0.4) is 0 Å². The molecular formula is C43H59N5O6S. The van der Waals surface area contributed by atoms with Crippen molar-refractivity contribution in [3.8, 4) is 17.0 Å². The summed E-state index contributed by atoms with van der Waals surface area (Å²) < 4.78 is 42.3. The summed E-state index contributed by atoms with van der Waals surface area (Å²) in [5.74, 6) is 0.580. The van der Waals surface area contributed by atoms with Crippen molar-refractivity contribution in [3.05, 3.63) is 53.1 Å². The third kappa shape index (κ3) is 6.69. The highest BCUT2D eigenvalue weighted by Crippen LogP contribution is 2.67. The van der Waals surface area contributed by atoms with Crippen LogP contribution in [0.5, 0.6) is 5.75 Å². The largest absolute Gasteiger partial charge is 0.497 e. The Labute approximate surface area is 327 Å². The number of aromatic nitrogens is 1. The van der Waals surface area contributed by atoms with Gasteiger partial charge in [0.1, 0.15) is 5.75 Å². The van der Waals surface area contributed by atoms with Gasteiger partial charge in [0.2, 0.25) is 5.91 Å². The third-order valence-electron chi connectivity index (χ3n) is 13.7. The van der Waals surface area contributed by atoms with E-state index < -0.39 is 21.5 Å². The van der Waals surface area contributed by atoms with Crippen LogP contribution in [0.4, 0.5) is 0 Å². The van der Waals surface area contributed by atoms with Crippen LogP contribution in [0.25, 0.3) is 22.2 Å². The lowest BCUT2D eigenvalue weighted by Gasteiger charge is -2.38. The van der Waals surface area contributed by atoms with Crippen LogP contribution in [0, 0.1) is 16.2 Å². The quantitative estimate of drug-likeness (QED) is 0.146. The maximum Gasteiger partial charge on any atom is 0.303 e. The smallest absolute Gasteiger partial charge is 0.303 e. The number of nitrogens with one attached hydrogen (secondary N) is 1. The molecule has 2 amide bonds. The second-order valence-electron chi connectivity index (χ2n) is 16.8. The first-order chi connectivity index (χ1) is 26.3. The fraction of sp³-hybridized carbons (Fsp3) is 0.605. The van der Waals surface area contributed by atoms with E-state index in [1.54, 1.807) is 13.2 Å². The van der Waals surface area contributed by atoms with E-state index in [9.17, 15) is 13.2 Å². The third-order valence-corrected chi connectivity index (χ3v) is 15.1. The Bertz CT molecular complexity index is 2100. The van der Waals surface area contributed by atoms with E-state index in [0.717, 1.165) is 76.3 Å². The Morgan fingerprint density at radius 1 is 1.02 bits per heavy atom. The molecule has 4 atom stereocenters. The zero-order valence-corrected chi connectivity index (χ0v) is 34.6. The van der Waals surface area contributed by atoms with Gasteiger partial charge in [-0.25, -0.2) is 4.72 Å². The molecule has 2 aliphatic heterocycles. The van der Waals surface area contributed by atoms with Crippen molar-refractivity contribution in [2.45, 2.75) is 97.4 Å². The van der Waals surface area contributed by atoms with Crippen molar-refractivity contribution in [1.29, 1.82) is 0 Å². The Hall–Kier alpha value is -3.74. The molecule has 2 aromatic carbocycles. The number of benzene rings is 2. The van der Waals surface area contributed by atoms with Crippen molar-refractivity contribution in [1.82, 2.24) is 18.5 Å².